The van der Waals surface area contributed by atoms with Gasteiger partial charge in [-0.25, -0.2) is 4.79 Å². The third-order valence-electron chi connectivity index (χ3n) is 3.63. The second-order valence-corrected chi connectivity index (χ2v) is 6.16. The van der Waals surface area contributed by atoms with Crippen LogP contribution in [0.15, 0.2) is 56.1 Å². The number of halogens is 1. The minimum absolute atomic E-state index is 0.0573. The zero-order chi connectivity index (χ0) is 17.3. The highest BCUT2D eigenvalue weighted by Gasteiger charge is 2.16. The molecule has 1 amide bonds. The molecule has 2 aromatic carbocycles. The lowest BCUT2D eigenvalue weighted by Crippen LogP contribution is -2.21. The molecule has 0 radical (unpaired) electrons. The van der Waals surface area contributed by atoms with Crippen LogP contribution >= 0.6 is 15.9 Å². The molecule has 0 saturated carbocycles. The molecule has 0 saturated heterocycles. The molecule has 1 aromatic heterocycles. The smallest absolute Gasteiger partial charge is 0.349 e. The number of amides is 1. The second-order valence-electron chi connectivity index (χ2n) is 5.24. The number of para-hydroxylation sites is 1. The maximum absolute atomic E-state index is 12.5. The van der Waals surface area contributed by atoms with Gasteiger partial charge in [-0.2, -0.15) is 0 Å². The molecule has 0 fully saturated rings. The standard InChI is InChI=1S/C18H14BrNO4/c1-10-8-12(19)6-7-14(10)20-17(21)13-9-11-4-3-5-15(23-2)16(11)24-18(13)22/h3-9H,1-2H3,(H,20,21). The number of anilines is 1. The molecule has 5 nitrogen and oxygen atoms in total. The van der Waals surface area contributed by atoms with Crippen LogP contribution in [0.1, 0.15) is 15.9 Å². The Balaban J connectivity index is 2.01. The number of methoxy groups -OCH3 is 1. The number of aryl methyl sites for hydroxylation is 1. The molecule has 3 rings (SSSR count). The number of hydrogen-bond donors (Lipinski definition) is 1. The van der Waals surface area contributed by atoms with Crippen LogP contribution in [0.3, 0.4) is 0 Å². The van der Waals surface area contributed by atoms with Gasteiger partial charge in [0.2, 0.25) is 0 Å². The Morgan fingerprint density at radius 3 is 2.71 bits per heavy atom. The highest BCUT2D eigenvalue weighted by molar-refractivity contribution is 9.10. The second kappa shape index (κ2) is 6.49. The van der Waals surface area contributed by atoms with Gasteiger partial charge in [0, 0.05) is 15.5 Å². The van der Waals surface area contributed by atoms with Gasteiger partial charge in [-0.3, -0.25) is 4.79 Å². The van der Waals surface area contributed by atoms with E-state index in [4.69, 9.17) is 9.15 Å². The van der Waals surface area contributed by atoms with Crippen molar-refractivity contribution in [2.75, 3.05) is 12.4 Å². The van der Waals surface area contributed by atoms with Crippen molar-refractivity contribution in [2.24, 2.45) is 0 Å². The molecule has 0 atom stereocenters. The third kappa shape index (κ3) is 3.05. The van der Waals surface area contributed by atoms with Crippen LogP contribution in [0.4, 0.5) is 5.69 Å². The number of hydrogen-bond acceptors (Lipinski definition) is 4. The Kier molecular flexibility index (Phi) is 4.40. The molecule has 1 N–H and O–H groups in total. The summed E-state index contributed by atoms with van der Waals surface area (Å²) in [7, 11) is 1.49. The van der Waals surface area contributed by atoms with Crippen molar-refractivity contribution in [3.8, 4) is 5.75 Å². The minimum atomic E-state index is -0.709. The zero-order valence-corrected chi connectivity index (χ0v) is 14.6. The SMILES string of the molecule is COc1cccc2cc(C(=O)Nc3ccc(Br)cc3C)c(=O)oc12. The molecule has 0 unspecified atom stereocenters. The summed E-state index contributed by atoms with van der Waals surface area (Å²) in [5.74, 6) is -0.0702. The van der Waals surface area contributed by atoms with E-state index in [0.717, 1.165) is 10.0 Å². The Morgan fingerprint density at radius 2 is 2.00 bits per heavy atom. The number of rotatable bonds is 3. The number of benzene rings is 2. The summed E-state index contributed by atoms with van der Waals surface area (Å²) in [5, 5.41) is 3.35. The maximum Gasteiger partial charge on any atom is 0.349 e. The normalized spacial score (nSPS) is 10.6. The Hall–Kier alpha value is -2.60. The molecule has 6 heteroatoms. The predicted molar refractivity (Wildman–Crippen MR) is 95.9 cm³/mol. The van der Waals surface area contributed by atoms with E-state index in [1.54, 1.807) is 24.3 Å². The van der Waals surface area contributed by atoms with Gasteiger partial charge in [-0.05, 0) is 42.8 Å². The van der Waals surface area contributed by atoms with Crippen molar-refractivity contribution in [3.05, 3.63) is 68.5 Å². The van der Waals surface area contributed by atoms with Crippen LogP contribution in [-0.4, -0.2) is 13.0 Å². The van der Waals surface area contributed by atoms with Gasteiger partial charge in [0.05, 0.1) is 7.11 Å². The predicted octanol–water partition coefficient (Wildman–Crippen LogP) is 4.12. The van der Waals surface area contributed by atoms with E-state index < -0.39 is 11.5 Å². The number of carbonyl (C=O) groups excluding carboxylic acids is 1. The van der Waals surface area contributed by atoms with Crippen molar-refractivity contribution in [1.29, 1.82) is 0 Å². The summed E-state index contributed by atoms with van der Waals surface area (Å²) >= 11 is 3.37. The van der Waals surface area contributed by atoms with Crippen molar-refractivity contribution in [3.63, 3.8) is 0 Å². The lowest BCUT2D eigenvalue weighted by molar-refractivity contribution is 0.102. The summed E-state index contributed by atoms with van der Waals surface area (Å²) < 4.78 is 11.4. The average Bonchev–Trinajstić information content (AvgIpc) is 2.56. The van der Waals surface area contributed by atoms with E-state index in [1.807, 2.05) is 19.1 Å². The minimum Gasteiger partial charge on any atom is -0.493 e. The molecule has 0 aliphatic carbocycles. The fourth-order valence-corrected chi connectivity index (χ4v) is 2.87. The van der Waals surface area contributed by atoms with Crippen LogP contribution in [0.5, 0.6) is 5.75 Å². The first-order valence-electron chi connectivity index (χ1n) is 7.18. The Labute approximate surface area is 146 Å². The van der Waals surface area contributed by atoms with Crippen LogP contribution in [0.25, 0.3) is 11.0 Å². The number of ether oxygens (including phenoxy) is 1. The summed E-state index contributed by atoms with van der Waals surface area (Å²) in [5.41, 5.74) is 1.07. The van der Waals surface area contributed by atoms with Gasteiger partial charge >= 0.3 is 5.63 Å². The summed E-state index contributed by atoms with van der Waals surface area (Å²) in [6.07, 6.45) is 0. The largest absolute Gasteiger partial charge is 0.493 e. The summed E-state index contributed by atoms with van der Waals surface area (Å²) in [4.78, 5) is 24.6. The topological polar surface area (TPSA) is 68.5 Å². The summed E-state index contributed by atoms with van der Waals surface area (Å²) in [6.45, 7) is 1.87. The average molecular weight is 388 g/mol. The van der Waals surface area contributed by atoms with E-state index in [0.29, 0.717) is 22.4 Å². The first kappa shape index (κ1) is 16.3. The van der Waals surface area contributed by atoms with Gasteiger partial charge < -0.3 is 14.5 Å². The molecule has 122 valence electrons. The van der Waals surface area contributed by atoms with Gasteiger partial charge in [-0.1, -0.05) is 28.1 Å². The lowest BCUT2D eigenvalue weighted by atomic mass is 10.1. The fourth-order valence-electron chi connectivity index (χ4n) is 2.39. The van der Waals surface area contributed by atoms with Crippen molar-refractivity contribution >= 4 is 38.5 Å². The first-order valence-corrected chi connectivity index (χ1v) is 7.97. The zero-order valence-electron chi connectivity index (χ0n) is 13.1. The first-order chi connectivity index (χ1) is 11.5. The fraction of sp³-hybridized carbons (Fsp3) is 0.111. The van der Waals surface area contributed by atoms with E-state index in [2.05, 4.69) is 21.2 Å². The number of nitrogens with one attached hydrogen (secondary N) is 1. The Morgan fingerprint density at radius 1 is 1.21 bits per heavy atom. The molecular formula is C18H14BrNO4. The van der Waals surface area contributed by atoms with E-state index in [-0.39, 0.29) is 5.56 Å². The van der Waals surface area contributed by atoms with E-state index in [1.165, 1.54) is 13.2 Å². The molecular weight excluding hydrogens is 374 g/mol. The molecule has 0 bridgehead atoms. The van der Waals surface area contributed by atoms with Crippen LogP contribution in [0, 0.1) is 6.92 Å². The quantitative estimate of drug-likeness (QED) is 0.686. The van der Waals surface area contributed by atoms with Gasteiger partial charge in [0.1, 0.15) is 5.56 Å². The van der Waals surface area contributed by atoms with Crippen LogP contribution in [-0.2, 0) is 0 Å². The van der Waals surface area contributed by atoms with E-state index in [9.17, 15) is 9.59 Å². The number of fused-ring (bicyclic) bond motifs is 1. The lowest BCUT2D eigenvalue weighted by Gasteiger charge is -2.09. The van der Waals surface area contributed by atoms with Crippen LogP contribution in [0.2, 0.25) is 0 Å². The Bertz CT molecular complexity index is 994. The van der Waals surface area contributed by atoms with Gasteiger partial charge in [0.15, 0.2) is 11.3 Å². The highest BCUT2D eigenvalue weighted by atomic mass is 79.9. The van der Waals surface area contributed by atoms with Gasteiger partial charge in [0.25, 0.3) is 5.91 Å². The van der Waals surface area contributed by atoms with Crippen LogP contribution < -0.4 is 15.7 Å². The molecule has 3 aromatic rings. The maximum atomic E-state index is 12.5. The molecule has 0 spiro atoms. The van der Waals surface area contributed by atoms with Crippen molar-refractivity contribution in [2.45, 2.75) is 6.92 Å². The van der Waals surface area contributed by atoms with E-state index >= 15 is 0 Å². The summed E-state index contributed by atoms with van der Waals surface area (Å²) in [6, 6.07) is 12.2. The third-order valence-corrected chi connectivity index (χ3v) is 4.12. The van der Waals surface area contributed by atoms with Crippen molar-refractivity contribution in [1.82, 2.24) is 0 Å². The molecule has 0 aliphatic heterocycles. The highest BCUT2D eigenvalue weighted by Crippen LogP contribution is 2.25. The molecule has 24 heavy (non-hydrogen) atoms. The number of carbonyl (C=O) groups is 1. The molecule has 1 heterocycles. The molecule has 0 aliphatic rings. The van der Waals surface area contributed by atoms with Crippen molar-refractivity contribution < 1.29 is 13.9 Å². The monoisotopic (exact) mass is 387 g/mol. The van der Waals surface area contributed by atoms with Gasteiger partial charge in [-0.15, -0.1) is 0 Å².